The van der Waals surface area contributed by atoms with E-state index in [0.717, 1.165) is 35.2 Å². The van der Waals surface area contributed by atoms with Gasteiger partial charge in [0.2, 0.25) is 0 Å². The van der Waals surface area contributed by atoms with Crippen LogP contribution in [0.1, 0.15) is 51.2 Å². The van der Waals surface area contributed by atoms with Gasteiger partial charge in [0.1, 0.15) is 5.75 Å². The van der Waals surface area contributed by atoms with Gasteiger partial charge in [-0.25, -0.2) is 0 Å². The first-order valence-electron chi connectivity index (χ1n) is 9.17. The molecule has 2 aromatic carbocycles. The van der Waals surface area contributed by atoms with E-state index in [1.54, 1.807) is 7.11 Å². The number of rotatable bonds is 10. The fourth-order valence-electron chi connectivity index (χ4n) is 3.19. The lowest BCUT2D eigenvalue weighted by Gasteiger charge is -2.26. The number of benzene rings is 2. The maximum atomic E-state index is 11.0. The van der Waals surface area contributed by atoms with Crippen molar-refractivity contribution in [1.82, 2.24) is 4.90 Å². The highest BCUT2D eigenvalue weighted by molar-refractivity contribution is 5.88. The number of aliphatic hydroxyl groups is 1. The number of hydrogen-bond donors (Lipinski definition) is 1. The van der Waals surface area contributed by atoms with Crippen LogP contribution in [0.5, 0.6) is 5.75 Å². The molecule has 1 unspecified atom stereocenters. The van der Waals surface area contributed by atoms with Crippen LogP contribution in [0.4, 0.5) is 0 Å². The van der Waals surface area contributed by atoms with Gasteiger partial charge < -0.3 is 14.7 Å². The second-order valence-corrected chi connectivity index (χ2v) is 6.43. The minimum Gasteiger partial charge on any atom is -0.496 e. The Morgan fingerprint density at radius 1 is 1.00 bits per heavy atom. The Balaban J connectivity index is 2.26. The lowest BCUT2D eigenvalue weighted by molar-refractivity contribution is 0.110. The first-order valence-corrected chi connectivity index (χ1v) is 9.17. The molecule has 0 bridgehead atoms. The summed E-state index contributed by atoms with van der Waals surface area (Å²) in [5.41, 5.74) is 0.911. The molecule has 0 radical (unpaired) electrons. The zero-order valence-electron chi connectivity index (χ0n) is 15.3. The summed E-state index contributed by atoms with van der Waals surface area (Å²) < 4.78 is 5.54. The van der Waals surface area contributed by atoms with Crippen LogP contribution in [0.15, 0.2) is 36.4 Å². The molecular weight excluding hydrogens is 298 g/mol. The lowest BCUT2D eigenvalue weighted by Crippen LogP contribution is -2.31. The minimum absolute atomic E-state index is 0.542. The smallest absolute Gasteiger partial charge is 0.125 e. The summed E-state index contributed by atoms with van der Waals surface area (Å²) in [4.78, 5) is 2.39. The molecule has 0 spiro atoms. The summed E-state index contributed by atoms with van der Waals surface area (Å²) in [5.74, 6) is 0.770. The van der Waals surface area contributed by atoms with Crippen molar-refractivity contribution in [3.8, 4) is 5.75 Å². The highest BCUT2D eigenvalue weighted by atomic mass is 16.5. The predicted molar refractivity (Wildman–Crippen MR) is 102 cm³/mol. The molecule has 3 heteroatoms. The predicted octanol–water partition coefficient (Wildman–Crippen LogP) is 4.78. The van der Waals surface area contributed by atoms with Crippen molar-refractivity contribution < 1.29 is 9.84 Å². The van der Waals surface area contributed by atoms with Crippen LogP contribution in [-0.4, -0.2) is 36.8 Å². The summed E-state index contributed by atoms with van der Waals surface area (Å²) in [6.07, 6.45) is 4.15. The van der Waals surface area contributed by atoms with Crippen molar-refractivity contribution in [3.05, 3.63) is 42.0 Å². The molecule has 0 aliphatic rings. The van der Waals surface area contributed by atoms with Gasteiger partial charge in [0.05, 0.1) is 13.2 Å². The number of nitrogens with zero attached hydrogens (tertiary/aromatic N) is 1. The number of aliphatic hydroxyl groups excluding tert-OH is 1. The van der Waals surface area contributed by atoms with Gasteiger partial charge in [-0.05, 0) is 42.8 Å². The maximum Gasteiger partial charge on any atom is 0.125 e. The quantitative estimate of drug-likeness (QED) is 0.680. The molecule has 0 aliphatic carbocycles. The standard InChI is InChI=1S/C21H31NO2/c1-4-6-14-22(15-7-5-2)16-19(23)21-18-11-9-8-10-17(18)12-13-20(21)24-3/h8-13,19,23H,4-7,14-16H2,1-3H3. The monoisotopic (exact) mass is 329 g/mol. The Morgan fingerprint density at radius 2 is 1.67 bits per heavy atom. The van der Waals surface area contributed by atoms with E-state index in [-0.39, 0.29) is 0 Å². The Hall–Kier alpha value is -1.58. The molecule has 24 heavy (non-hydrogen) atoms. The van der Waals surface area contributed by atoms with E-state index in [4.69, 9.17) is 4.74 Å². The molecule has 3 nitrogen and oxygen atoms in total. The van der Waals surface area contributed by atoms with Gasteiger partial charge in [0, 0.05) is 12.1 Å². The average molecular weight is 329 g/mol. The van der Waals surface area contributed by atoms with Crippen LogP contribution < -0.4 is 4.74 Å². The molecule has 1 atom stereocenters. The summed E-state index contributed by atoms with van der Waals surface area (Å²) in [6, 6.07) is 12.2. The third-order valence-corrected chi connectivity index (χ3v) is 4.57. The van der Waals surface area contributed by atoms with Crippen molar-refractivity contribution in [3.63, 3.8) is 0 Å². The zero-order valence-corrected chi connectivity index (χ0v) is 15.3. The molecule has 0 heterocycles. The molecular formula is C21H31NO2. The SMILES string of the molecule is CCCCN(CCCC)CC(O)c1c(OC)ccc2ccccc12. The fraction of sp³-hybridized carbons (Fsp3) is 0.524. The summed E-state index contributed by atoms with van der Waals surface area (Å²) >= 11 is 0. The summed E-state index contributed by atoms with van der Waals surface area (Å²) in [5, 5.41) is 13.2. The Bertz CT molecular complexity index is 618. The fourth-order valence-corrected chi connectivity index (χ4v) is 3.19. The van der Waals surface area contributed by atoms with E-state index in [0.29, 0.717) is 6.54 Å². The Morgan fingerprint density at radius 3 is 2.29 bits per heavy atom. The topological polar surface area (TPSA) is 32.7 Å². The maximum absolute atomic E-state index is 11.0. The van der Waals surface area contributed by atoms with E-state index in [9.17, 15) is 5.11 Å². The second-order valence-electron chi connectivity index (χ2n) is 6.43. The third kappa shape index (κ3) is 4.71. The van der Waals surface area contributed by atoms with Gasteiger partial charge in [-0.2, -0.15) is 0 Å². The van der Waals surface area contributed by atoms with Gasteiger partial charge >= 0.3 is 0 Å². The average Bonchev–Trinajstić information content (AvgIpc) is 2.62. The van der Waals surface area contributed by atoms with Crippen LogP contribution in [0.2, 0.25) is 0 Å². The molecule has 132 valence electrons. The number of ether oxygens (including phenoxy) is 1. The minimum atomic E-state index is -0.542. The molecule has 0 saturated carbocycles. The van der Waals surface area contributed by atoms with E-state index < -0.39 is 6.10 Å². The summed E-state index contributed by atoms with van der Waals surface area (Å²) in [7, 11) is 1.67. The van der Waals surface area contributed by atoms with Gasteiger partial charge in [-0.15, -0.1) is 0 Å². The molecule has 0 fully saturated rings. The van der Waals surface area contributed by atoms with Crippen molar-refractivity contribution in [2.45, 2.75) is 45.6 Å². The highest BCUT2D eigenvalue weighted by Crippen LogP contribution is 2.33. The number of fused-ring (bicyclic) bond motifs is 1. The van der Waals surface area contributed by atoms with Crippen molar-refractivity contribution >= 4 is 10.8 Å². The van der Waals surface area contributed by atoms with E-state index in [1.807, 2.05) is 18.2 Å². The van der Waals surface area contributed by atoms with Gasteiger partial charge in [-0.1, -0.05) is 57.0 Å². The van der Waals surface area contributed by atoms with E-state index in [1.165, 1.54) is 25.7 Å². The molecule has 0 saturated heterocycles. The van der Waals surface area contributed by atoms with Crippen molar-refractivity contribution in [1.29, 1.82) is 0 Å². The van der Waals surface area contributed by atoms with Gasteiger partial charge in [0.15, 0.2) is 0 Å². The van der Waals surface area contributed by atoms with E-state index in [2.05, 4.69) is 36.9 Å². The lowest BCUT2D eigenvalue weighted by atomic mass is 9.98. The third-order valence-electron chi connectivity index (χ3n) is 4.57. The van der Waals surface area contributed by atoms with Crippen LogP contribution in [0.3, 0.4) is 0 Å². The van der Waals surface area contributed by atoms with Crippen LogP contribution in [0.25, 0.3) is 10.8 Å². The molecule has 0 amide bonds. The van der Waals surface area contributed by atoms with Crippen molar-refractivity contribution in [2.75, 3.05) is 26.7 Å². The first kappa shape index (κ1) is 18.8. The zero-order chi connectivity index (χ0) is 17.4. The molecule has 2 rings (SSSR count). The van der Waals surface area contributed by atoms with Crippen LogP contribution in [0, 0.1) is 0 Å². The highest BCUT2D eigenvalue weighted by Gasteiger charge is 2.19. The van der Waals surface area contributed by atoms with Gasteiger partial charge in [-0.3, -0.25) is 0 Å². The molecule has 0 aromatic heterocycles. The first-order chi connectivity index (χ1) is 11.7. The Labute approximate surface area is 146 Å². The van der Waals surface area contributed by atoms with Gasteiger partial charge in [0.25, 0.3) is 0 Å². The molecule has 1 N–H and O–H groups in total. The molecule has 2 aromatic rings. The van der Waals surface area contributed by atoms with Crippen LogP contribution >= 0.6 is 0 Å². The number of unbranched alkanes of at least 4 members (excludes halogenated alkanes) is 2. The number of hydrogen-bond acceptors (Lipinski definition) is 3. The van der Waals surface area contributed by atoms with Crippen molar-refractivity contribution in [2.24, 2.45) is 0 Å². The second kappa shape index (κ2) is 9.65. The van der Waals surface area contributed by atoms with Crippen LogP contribution in [-0.2, 0) is 0 Å². The normalized spacial score (nSPS) is 12.7. The molecule has 0 aliphatic heterocycles. The number of methoxy groups -OCH3 is 1. The Kier molecular flexibility index (Phi) is 7.54. The largest absolute Gasteiger partial charge is 0.496 e. The van der Waals surface area contributed by atoms with E-state index >= 15 is 0 Å². The summed E-state index contributed by atoms with van der Waals surface area (Å²) in [6.45, 7) is 7.16.